The lowest BCUT2D eigenvalue weighted by atomic mass is 9.46. The van der Waals surface area contributed by atoms with Crippen molar-refractivity contribution < 1.29 is 29.4 Å². The smallest absolute Gasteiger partial charge is 0.326 e. The van der Waals surface area contributed by atoms with Gasteiger partial charge in [-0.15, -0.1) is 6.42 Å². The Morgan fingerprint density at radius 1 is 1.14 bits per heavy atom. The highest BCUT2D eigenvalue weighted by molar-refractivity contribution is 7.98. The Morgan fingerprint density at radius 2 is 1.86 bits per heavy atom. The average Bonchev–Trinajstić information content (AvgIpc) is 3.24. The summed E-state index contributed by atoms with van der Waals surface area (Å²) in [7, 11) is 0. The van der Waals surface area contributed by atoms with E-state index in [0.717, 1.165) is 50.7 Å². The maximum atomic E-state index is 12.8. The predicted molar refractivity (Wildman–Crippen MR) is 168 cm³/mol. The van der Waals surface area contributed by atoms with E-state index < -0.39 is 35.5 Å². The van der Waals surface area contributed by atoms with Gasteiger partial charge >= 0.3 is 5.97 Å². The first kappa shape index (κ1) is 33.4. The van der Waals surface area contributed by atoms with Gasteiger partial charge in [-0.2, -0.15) is 11.8 Å². The van der Waals surface area contributed by atoms with E-state index in [1.807, 2.05) is 6.26 Å². The third kappa shape index (κ3) is 6.49. The molecule has 0 unspecified atom stereocenters. The Bertz CT molecular complexity index is 1200. The summed E-state index contributed by atoms with van der Waals surface area (Å²) in [4.78, 5) is 42.5. The molecule has 0 aromatic rings. The molecule has 0 radical (unpaired) electrons. The van der Waals surface area contributed by atoms with Crippen LogP contribution in [0.4, 0.5) is 0 Å². The number of amides is 2. The zero-order valence-electron chi connectivity index (χ0n) is 26.3. The molecule has 3 saturated carbocycles. The number of nitrogens with zero attached hydrogens (tertiary/aromatic N) is 1. The van der Waals surface area contributed by atoms with Gasteiger partial charge in [0, 0.05) is 5.41 Å². The summed E-state index contributed by atoms with van der Waals surface area (Å²) in [5.41, 5.74) is 1.09. The maximum Gasteiger partial charge on any atom is 0.326 e. The second kappa shape index (κ2) is 13.2. The zero-order chi connectivity index (χ0) is 31.6. The Labute approximate surface area is 260 Å². The monoisotopic (exact) mass is 615 g/mol. The second-order valence-corrected chi connectivity index (χ2v) is 14.8. The molecule has 0 aromatic carbocycles. The van der Waals surface area contributed by atoms with E-state index in [-0.39, 0.29) is 23.4 Å². The third-order valence-electron chi connectivity index (χ3n) is 11.2. The van der Waals surface area contributed by atoms with Crippen molar-refractivity contribution in [1.82, 2.24) is 10.6 Å². The van der Waals surface area contributed by atoms with Crippen LogP contribution >= 0.6 is 11.8 Å². The summed E-state index contributed by atoms with van der Waals surface area (Å²) in [5.74, 6) is 2.55. The minimum Gasteiger partial charge on any atom is -0.480 e. The molecule has 0 spiro atoms. The van der Waals surface area contributed by atoms with Crippen LogP contribution in [0.3, 0.4) is 0 Å². The fraction of sp³-hybridized carbons (Fsp3) is 0.758. The molecule has 0 bridgehead atoms. The van der Waals surface area contributed by atoms with Gasteiger partial charge in [0.1, 0.15) is 17.7 Å². The topological polar surface area (TPSA) is 137 Å². The Morgan fingerprint density at radius 3 is 2.51 bits per heavy atom. The molecule has 0 saturated heterocycles. The van der Waals surface area contributed by atoms with Crippen molar-refractivity contribution in [3.05, 3.63) is 11.6 Å². The normalized spacial score (nSPS) is 35.4. The fourth-order valence-corrected chi connectivity index (χ4v) is 9.05. The molecule has 2 amide bonds. The molecule has 0 aromatic heterocycles. The Balaban J connectivity index is 1.34. The van der Waals surface area contributed by atoms with Crippen molar-refractivity contribution in [3.63, 3.8) is 0 Å². The van der Waals surface area contributed by atoms with Crippen molar-refractivity contribution in [2.75, 3.05) is 18.6 Å². The average molecular weight is 616 g/mol. The highest BCUT2D eigenvalue weighted by atomic mass is 32.2. The van der Waals surface area contributed by atoms with Gasteiger partial charge in [0.05, 0.1) is 5.71 Å². The molecule has 10 heteroatoms. The van der Waals surface area contributed by atoms with Gasteiger partial charge in [0.25, 0.3) is 5.91 Å². The van der Waals surface area contributed by atoms with Crippen LogP contribution in [-0.2, 0) is 19.2 Å². The molecular weight excluding hydrogens is 566 g/mol. The van der Waals surface area contributed by atoms with Gasteiger partial charge < -0.3 is 25.7 Å². The number of hydrogen-bond donors (Lipinski definition) is 4. The number of aliphatic carboxylic acids is 1. The predicted octanol–water partition coefficient (Wildman–Crippen LogP) is 4.15. The molecule has 4 N–H and O–H groups in total. The number of nitrogens with one attached hydrogen (secondary N) is 2. The molecule has 4 aliphatic rings. The number of hydrogen-bond acceptors (Lipinski definition) is 7. The molecule has 3 fully saturated rings. The zero-order valence-corrected chi connectivity index (χ0v) is 27.1. The molecule has 238 valence electrons. The molecule has 9 nitrogen and oxygen atoms in total. The summed E-state index contributed by atoms with van der Waals surface area (Å²) in [6.07, 6.45) is 17.6. The maximum absolute atomic E-state index is 12.8. The van der Waals surface area contributed by atoms with Gasteiger partial charge in [-0.1, -0.05) is 44.3 Å². The first-order chi connectivity index (χ1) is 20.3. The number of carbonyl (C=O) groups excluding carboxylic acids is 2. The number of aliphatic hydroxyl groups is 1. The van der Waals surface area contributed by atoms with Gasteiger partial charge in [-0.25, -0.2) is 4.79 Å². The first-order valence-corrected chi connectivity index (χ1v) is 17.1. The lowest BCUT2D eigenvalue weighted by molar-refractivity contribution is -0.142. The summed E-state index contributed by atoms with van der Waals surface area (Å²) in [6, 6.07) is -1.90. The molecule has 0 heterocycles. The number of rotatable bonds is 11. The van der Waals surface area contributed by atoms with Crippen LogP contribution in [0.1, 0.15) is 85.5 Å². The number of carbonyl (C=O) groups is 3. The van der Waals surface area contributed by atoms with Crippen molar-refractivity contribution in [2.24, 2.45) is 39.7 Å². The minimum atomic E-state index is -1.10. The molecule has 43 heavy (non-hydrogen) atoms. The molecular formula is C33H49N3O6S. The summed E-state index contributed by atoms with van der Waals surface area (Å²) in [5, 5.41) is 30.2. The Hall–Kier alpha value is -2.51. The van der Waals surface area contributed by atoms with Crippen LogP contribution in [0.2, 0.25) is 0 Å². The number of carboxylic acids is 1. The van der Waals surface area contributed by atoms with Gasteiger partial charge in [-0.05, 0) is 105 Å². The van der Waals surface area contributed by atoms with E-state index in [1.165, 1.54) is 17.3 Å². The minimum absolute atomic E-state index is 0.0823. The molecule has 4 rings (SSSR count). The first-order valence-electron chi connectivity index (χ1n) is 15.7. The van der Waals surface area contributed by atoms with Crippen LogP contribution in [0.15, 0.2) is 16.8 Å². The summed E-state index contributed by atoms with van der Waals surface area (Å²) < 4.78 is 0. The molecule has 0 aliphatic heterocycles. The number of carboxylic acid groups (broad SMARTS) is 1. The largest absolute Gasteiger partial charge is 0.480 e. The molecule has 8 atom stereocenters. The van der Waals surface area contributed by atoms with Crippen molar-refractivity contribution in [3.8, 4) is 12.3 Å². The van der Waals surface area contributed by atoms with Crippen LogP contribution in [0, 0.1) is 46.8 Å². The van der Waals surface area contributed by atoms with E-state index >= 15 is 0 Å². The van der Waals surface area contributed by atoms with Gasteiger partial charge in [-0.3, -0.25) is 9.59 Å². The number of fused-ring (bicyclic) bond motifs is 5. The third-order valence-corrected chi connectivity index (χ3v) is 11.9. The standard InChI is InChI=1S/C33H49N3O6S/c1-7-33(41)16-12-25-23-9-8-21-18-22(10-14-31(21,4)24(23)11-15-32(25,33)5)36-42-19-27(37)35-28(20(2)3)29(38)34-26(30(39)40)13-17-43-6/h1,18,20,23-26,28,41H,8-17,19H2,2-6H3,(H,34,38)(H,35,37)(H,39,40)/b36-22-/t23-,24+,25+,26-,28-,31+,32+,33-/m1/s1. The highest BCUT2D eigenvalue weighted by Crippen LogP contribution is 2.67. The SMILES string of the molecule is C#C[C@@]1(O)CC[C@H]2[C@@H]3CCC4=C/C(=N\OCC(=O)N[C@@H](C(=O)N[C@H](CCSC)C(=O)O)C(C)C)CC[C@]4(C)[C@H]3CC[C@@]21C. The van der Waals surface area contributed by atoms with E-state index in [0.29, 0.717) is 36.3 Å². The van der Waals surface area contributed by atoms with Gasteiger partial charge in [0.2, 0.25) is 5.91 Å². The summed E-state index contributed by atoms with van der Waals surface area (Å²) >= 11 is 1.50. The van der Waals surface area contributed by atoms with E-state index in [4.69, 9.17) is 11.3 Å². The quantitative estimate of drug-likeness (QED) is 0.202. The van der Waals surface area contributed by atoms with Crippen LogP contribution in [0.5, 0.6) is 0 Å². The number of oxime groups is 1. The van der Waals surface area contributed by atoms with Crippen molar-refractivity contribution >= 4 is 35.3 Å². The van der Waals surface area contributed by atoms with Crippen LogP contribution < -0.4 is 10.6 Å². The van der Waals surface area contributed by atoms with Crippen molar-refractivity contribution in [2.45, 2.75) is 103 Å². The lowest BCUT2D eigenvalue weighted by Crippen LogP contribution is -2.54. The number of thioether (sulfide) groups is 1. The fourth-order valence-electron chi connectivity index (χ4n) is 8.57. The highest BCUT2D eigenvalue weighted by Gasteiger charge is 2.63. The van der Waals surface area contributed by atoms with E-state index in [2.05, 4.69) is 41.6 Å². The van der Waals surface area contributed by atoms with Crippen LogP contribution in [0.25, 0.3) is 0 Å². The lowest BCUT2D eigenvalue weighted by Gasteiger charge is -2.58. The van der Waals surface area contributed by atoms with E-state index in [1.54, 1.807) is 13.8 Å². The number of allylic oxidation sites excluding steroid dienone is 2. The summed E-state index contributed by atoms with van der Waals surface area (Å²) in [6.45, 7) is 7.84. The van der Waals surface area contributed by atoms with Crippen molar-refractivity contribution in [1.29, 1.82) is 0 Å². The van der Waals surface area contributed by atoms with Crippen LogP contribution in [-0.4, -0.2) is 70.0 Å². The van der Waals surface area contributed by atoms with E-state index in [9.17, 15) is 24.6 Å². The number of terminal acetylenes is 1. The molecule has 4 aliphatic carbocycles. The van der Waals surface area contributed by atoms with Gasteiger partial charge in [0.15, 0.2) is 6.61 Å². The second-order valence-electron chi connectivity index (χ2n) is 13.8. The Kier molecular flexibility index (Phi) is 10.3.